The van der Waals surface area contributed by atoms with Crippen molar-refractivity contribution in [2.45, 2.75) is 30.3 Å². The van der Waals surface area contributed by atoms with Gasteiger partial charge in [-0.15, -0.1) is 0 Å². The first-order chi connectivity index (χ1) is 14.1. The minimum Gasteiger partial charge on any atom is -0.449 e. The van der Waals surface area contributed by atoms with Gasteiger partial charge in [0.05, 0.1) is 23.0 Å². The molecule has 1 saturated heterocycles. The third kappa shape index (κ3) is 2.30. The van der Waals surface area contributed by atoms with Crippen LogP contribution in [-0.4, -0.2) is 34.8 Å². The van der Waals surface area contributed by atoms with E-state index in [9.17, 15) is 9.59 Å². The number of aromatic nitrogens is 1. The van der Waals surface area contributed by atoms with E-state index in [0.717, 1.165) is 34.9 Å². The van der Waals surface area contributed by atoms with Crippen molar-refractivity contribution in [2.24, 2.45) is 0 Å². The Kier molecular flexibility index (Phi) is 3.26. The molecule has 2 aliphatic heterocycles. The van der Waals surface area contributed by atoms with Crippen molar-refractivity contribution >= 4 is 22.8 Å². The number of benzene rings is 2. The smallest absolute Gasteiger partial charge is 0.339 e. The number of pyridine rings is 1. The quantitative estimate of drug-likeness (QED) is 0.634. The van der Waals surface area contributed by atoms with Crippen molar-refractivity contribution in [2.75, 3.05) is 13.1 Å². The van der Waals surface area contributed by atoms with E-state index in [-0.39, 0.29) is 11.9 Å². The van der Waals surface area contributed by atoms with Crippen molar-refractivity contribution in [3.05, 3.63) is 77.5 Å². The number of carbonyl (C=O) groups excluding carboxylic acids is 2. The second-order valence-corrected chi connectivity index (χ2v) is 8.40. The molecule has 5 nitrogen and oxygen atoms in total. The van der Waals surface area contributed by atoms with Crippen LogP contribution >= 0.6 is 0 Å². The fourth-order valence-electron chi connectivity index (χ4n) is 5.03. The first kappa shape index (κ1) is 16.7. The molecular weight excluding hydrogens is 364 g/mol. The average molecular weight is 384 g/mol. The molecule has 1 saturated carbocycles. The first-order valence-corrected chi connectivity index (χ1v) is 10.1. The molecule has 1 unspecified atom stereocenters. The van der Waals surface area contributed by atoms with Crippen LogP contribution < -0.4 is 0 Å². The molecule has 144 valence electrons. The predicted octanol–water partition coefficient (Wildman–Crippen LogP) is 3.56. The summed E-state index contributed by atoms with van der Waals surface area (Å²) in [5, 5.41) is 1.06. The van der Waals surface area contributed by atoms with E-state index in [2.05, 4.69) is 11.1 Å². The molecule has 1 spiro atoms. The number of amides is 1. The fourth-order valence-corrected chi connectivity index (χ4v) is 5.03. The van der Waals surface area contributed by atoms with E-state index >= 15 is 0 Å². The Morgan fingerprint density at radius 1 is 1.03 bits per heavy atom. The number of likely N-dealkylation sites (tertiary alicyclic amines) is 1. The topological polar surface area (TPSA) is 59.5 Å². The van der Waals surface area contributed by atoms with Crippen LogP contribution in [0.1, 0.15) is 40.7 Å². The second kappa shape index (κ2) is 5.66. The average Bonchev–Trinajstić information content (AvgIpc) is 3.39. The van der Waals surface area contributed by atoms with Gasteiger partial charge in [-0.1, -0.05) is 30.3 Å². The van der Waals surface area contributed by atoms with E-state index in [0.29, 0.717) is 25.1 Å². The largest absolute Gasteiger partial charge is 0.449 e. The molecule has 5 heteroatoms. The Bertz CT molecular complexity index is 1180. The van der Waals surface area contributed by atoms with Crippen LogP contribution in [0.2, 0.25) is 0 Å². The van der Waals surface area contributed by atoms with Crippen molar-refractivity contribution in [1.29, 1.82) is 0 Å². The van der Waals surface area contributed by atoms with Crippen molar-refractivity contribution in [3.63, 3.8) is 0 Å². The SMILES string of the molecule is O=C1OC2(CCN(C(=O)C3(c4ccc5ncccc5c4)CC3)C2)c2ccccc21. The van der Waals surface area contributed by atoms with Gasteiger partial charge in [0.2, 0.25) is 5.91 Å². The standard InChI is InChI=1S/C24H20N2O3/c27-21-18-5-1-2-6-19(18)24(29-21)11-13-26(15-24)22(28)23(9-10-23)17-7-8-20-16(14-17)4-3-12-25-20/h1-8,12,14H,9-11,13,15H2. The lowest BCUT2D eigenvalue weighted by atomic mass is 9.91. The van der Waals surface area contributed by atoms with Crippen LogP contribution in [0, 0.1) is 0 Å². The summed E-state index contributed by atoms with van der Waals surface area (Å²) in [6.07, 6.45) is 4.15. The molecule has 29 heavy (non-hydrogen) atoms. The Hall–Kier alpha value is -3.21. The molecule has 1 aromatic heterocycles. The molecule has 0 N–H and O–H groups in total. The Morgan fingerprint density at radius 3 is 2.76 bits per heavy atom. The predicted molar refractivity (Wildman–Crippen MR) is 107 cm³/mol. The number of fused-ring (bicyclic) bond motifs is 3. The van der Waals surface area contributed by atoms with Crippen LogP contribution in [0.3, 0.4) is 0 Å². The van der Waals surface area contributed by atoms with Gasteiger partial charge in [0.25, 0.3) is 0 Å². The lowest BCUT2D eigenvalue weighted by Gasteiger charge is -2.27. The summed E-state index contributed by atoms with van der Waals surface area (Å²) in [5.41, 5.74) is 2.42. The minimum atomic E-state index is -0.688. The van der Waals surface area contributed by atoms with Gasteiger partial charge in [0.1, 0.15) is 0 Å². The van der Waals surface area contributed by atoms with Gasteiger partial charge >= 0.3 is 5.97 Å². The number of esters is 1. The molecular formula is C24H20N2O3. The Balaban J connectivity index is 1.31. The number of nitrogens with zero attached hydrogens (tertiary/aromatic N) is 2. The minimum absolute atomic E-state index is 0.151. The van der Waals surface area contributed by atoms with Crippen molar-refractivity contribution in [1.82, 2.24) is 9.88 Å². The normalized spacial score (nSPS) is 24.0. The number of hydrogen-bond acceptors (Lipinski definition) is 4. The highest BCUT2D eigenvalue weighted by molar-refractivity contribution is 5.96. The maximum atomic E-state index is 13.6. The second-order valence-electron chi connectivity index (χ2n) is 8.40. The number of carbonyl (C=O) groups is 2. The van der Waals surface area contributed by atoms with E-state index in [1.54, 1.807) is 6.20 Å². The highest BCUT2D eigenvalue weighted by Gasteiger charge is 2.57. The Labute approximate surface area is 168 Å². The third-order valence-electron chi connectivity index (χ3n) is 6.76. The molecule has 2 aromatic carbocycles. The summed E-state index contributed by atoms with van der Waals surface area (Å²) >= 11 is 0. The van der Waals surface area contributed by atoms with Gasteiger partial charge in [-0.2, -0.15) is 0 Å². The summed E-state index contributed by atoms with van der Waals surface area (Å²) in [6, 6.07) is 17.6. The zero-order valence-corrected chi connectivity index (χ0v) is 15.9. The molecule has 3 aromatic rings. The number of rotatable bonds is 2. The molecule has 1 atom stereocenters. The zero-order chi connectivity index (χ0) is 19.6. The Morgan fingerprint density at radius 2 is 1.90 bits per heavy atom. The van der Waals surface area contributed by atoms with Crippen LogP contribution in [0.25, 0.3) is 10.9 Å². The summed E-state index contributed by atoms with van der Waals surface area (Å²) in [4.78, 5) is 32.2. The highest BCUT2D eigenvalue weighted by Crippen LogP contribution is 2.52. The van der Waals surface area contributed by atoms with E-state index in [4.69, 9.17) is 4.74 Å². The summed E-state index contributed by atoms with van der Waals surface area (Å²) < 4.78 is 5.82. The maximum Gasteiger partial charge on any atom is 0.339 e. The van der Waals surface area contributed by atoms with Crippen LogP contribution in [0.5, 0.6) is 0 Å². The molecule has 2 fully saturated rings. The van der Waals surface area contributed by atoms with Gasteiger partial charge in [0, 0.05) is 30.1 Å². The highest BCUT2D eigenvalue weighted by atomic mass is 16.6. The van der Waals surface area contributed by atoms with Gasteiger partial charge in [-0.05, 0) is 42.7 Å². The van der Waals surface area contributed by atoms with Crippen LogP contribution in [-0.2, 0) is 20.5 Å². The summed E-state index contributed by atoms with van der Waals surface area (Å²) in [6.45, 7) is 1.04. The molecule has 1 aliphatic carbocycles. The molecule has 1 amide bonds. The lowest BCUT2D eigenvalue weighted by Crippen LogP contribution is -2.40. The molecule has 3 aliphatic rings. The fraction of sp³-hybridized carbons (Fsp3) is 0.292. The molecule has 0 bridgehead atoms. The molecule has 3 heterocycles. The monoisotopic (exact) mass is 384 g/mol. The maximum absolute atomic E-state index is 13.6. The zero-order valence-electron chi connectivity index (χ0n) is 15.9. The van der Waals surface area contributed by atoms with Crippen molar-refractivity contribution < 1.29 is 14.3 Å². The first-order valence-electron chi connectivity index (χ1n) is 10.1. The van der Waals surface area contributed by atoms with Gasteiger partial charge in [-0.25, -0.2) is 4.79 Å². The number of hydrogen-bond donors (Lipinski definition) is 0. The summed E-state index contributed by atoms with van der Waals surface area (Å²) in [7, 11) is 0. The van der Waals surface area contributed by atoms with Gasteiger partial charge < -0.3 is 9.64 Å². The molecule has 6 rings (SSSR count). The van der Waals surface area contributed by atoms with E-state index in [1.807, 2.05) is 53.4 Å². The van der Waals surface area contributed by atoms with Gasteiger partial charge in [-0.3, -0.25) is 9.78 Å². The number of ether oxygens (including phenoxy) is 1. The van der Waals surface area contributed by atoms with E-state index in [1.165, 1.54) is 0 Å². The molecule has 0 radical (unpaired) electrons. The van der Waals surface area contributed by atoms with E-state index < -0.39 is 11.0 Å². The van der Waals surface area contributed by atoms with Crippen LogP contribution in [0.4, 0.5) is 0 Å². The third-order valence-corrected chi connectivity index (χ3v) is 6.76. The summed E-state index contributed by atoms with van der Waals surface area (Å²) in [5.74, 6) is -0.129. The van der Waals surface area contributed by atoms with Crippen molar-refractivity contribution in [3.8, 4) is 0 Å². The lowest BCUT2D eigenvalue weighted by molar-refractivity contribution is -0.134. The van der Waals surface area contributed by atoms with Gasteiger partial charge in [0.15, 0.2) is 5.60 Å². The van der Waals surface area contributed by atoms with Crippen LogP contribution in [0.15, 0.2) is 60.8 Å².